The van der Waals surface area contributed by atoms with Gasteiger partial charge < -0.3 is 5.11 Å². The van der Waals surface area contributed by atoms with Crippen molar-refractivity contribution < 1.29 is 5.11 Å². The molecule has 0 atom stereocenters. The van der Waals surface area contributed by atoms with E-state index in [1.807, 2.05) is 6.07 Å². The fraction of sp³-hybridized carbons (Fsp3) is 0.125. The second-order valence-electron chi connectivity index (χ2n) is 2.67. The number of aromatic hydroxyl groups is 1. The van der Waals surface area contributed by atoms with E-state index in [0.29, 0.717) is 5.65 Å². The van der Waals surface area contributed by atoms with E-state index >= 15 is 0 Å². The van der Waals surface area contributed by atoms with Gasteiger partial charge in [-0.15, -0.1) is 0 Å². The molecule has 0 saturated heterocycles. The lowest BCUT2D eigenvalue weighted by Gasteiger charge is -1.95. The zero-order valence-electron chi connectivity index (χ0n) is 6.89. The molecule has 0 amide bonds. The Kier molecular flexibility index (Phi) is 1.43. The monoisotopic (exact) mass is 174 g/mol. The number of hydrogen-bond acceptors (Lipinski definition) is 4. The predicted molar refractivity (Wildman–Crippen MR) is 44.1 cm³/mol. The van der Waals surface area contributed by atoms with Crippen LogP contribution in [0.4, 0.5) is 0 Å². The lowest BCUT2D eigenvalue weighted by molar-refractivity contribution is 0.455. The molecule has 0 saturated carbocycles. The molecule has 2 heterocycles. The van der Waals surface area contributed by atoms with Crippen LogP contribution in [0.1, 0.15) is 11.4 Å². The SMILES string of the molecule is Cc1cn2cc(C#N)nc(O)c2n1. The molecule has 13 heavy (non-hydrogen) atoms. The molecule has 0 bridgehead atoms. The third kappa shape index (κ3) is 1.08. The van der Waals surface area contributed by atoms with Crippen molar-refractivity contribution in [1.29, 1.82) is 5.26 Å². The molecule has 0 aliphatic rings. The van der Waals surface area contributed by atoms with E-state index in [1.54, 1.807) is 17.5 Å². The highest BCUT2D eigenvalue weighted by atomic mass is 16.3. The molecule has 0 radical (unpaired) electrons. The Morgan fingerprint density at radius 2 is 2.23 bits per heavy atom. The Morgan fingerprint density at radius 1 is 1.46 bits per heavy atom. The number of nitriles is 1. The average molecular weight is 174 g/mol. The zero-order chi connectivity index (χ0) is 9.42. The van der Waals surface area contributed by atoms with E-state index in [0.717, 1.165) is 5.69 Å². The highest BCUT2D eigenvalue weighted by Gasteiger charge is 2.06. The fourth-order valence-electron chi connectivity index (χ4n) is 1.16. The van der Waals surface area contributed by atoms with Gasteiger partial charge in [-0.2, -0.15) is 10.2 Å². The van der Waals surface area contributed by atoms with Crippen molar-refractivity contribution in [3.05, 3.63) is 23.8 Å². The summed E-state index contributed by atoms with van der Waals surface area (Å²) in [5.41, 5.74) is 1.31. The lowest BCUT2D eigenvalue weighted by atomic mass is 10.5. The van der Waals surface area contributed by atoms with Gasteiger partial charge in [0.1, 0.15) is 6.07 Å². The molecule has 0 aliphatic carbocycles. The number of aryl methyl sites for hydroxylation is 1. The molecule has 64 valence electrons. The number of rotatable bonds is 0. The molecular formula is C8H6N4O. The van der Waals surface area contributed by atoms with Crippen molar-refractivity contribution in [3.63, 3.8) is 0 Å². The molecule has 0 unspecified atom stereocenters. The summed E-state index contributed by atoms with van der Waals surface area (Å²) in [6, 6.07) is 1.85. The molecule has 0 fully saturated rings. The van der Waals surface area contributed by atoms with Gasteiger partial charge in [-0.1, -0.05) is 0 Å². The first-order valence-corrected chi connectivity index (χ1v) is 3.66. The summed E-state index contributed by atoms with van der Waals surface area (Å²) in [4.78, 5) is 7.67. The molecule has 2 aromatic heterocycles. The van der Waals surface area contributed by atoms with Crippen molar-refractivity contribution >= 4 is 5.65 Å². The maximum absolute atomic E-state index is 9.35. The minimum absolute atomic E-state index is 0.169. The van der Waals surface area contributed by atoms with Gasteiger partial charge in [-0.25, -0.2) is 4.98 Å². The molecular weight excluding hydrogens is 168 g/mol. The van der Waals surface area contributed by atoms with Gasteiger partial charge in [0.25, 0.3) is 5.88 Å². The molecule has 0 spiro atoms. The average Bonchev–Trinajstić information content (AvgIpc) is 2.46. The van der Waals surface area contributed by atoms with E-state index < -0.39 is 0 Å². The van der Waals surface area contributed by atoms with Crippen LogP contribution in [0.3, 0.4) is 0 Å². The minimum atomic E-state index is -0.216. The number of imidazole rings is 1. The van der Waals surface area contributed by atoms with Gasteiger partial charge >= 0.3 is 0 Å². The Labute approximate surface area is 73.9 Å². The Balaban J connectivity index is 2.85. The second kappa shape index (κ2) is 2.45. The van der Waals surface area contributed by atoms with Crippen molar-refractivity contribution in [2.75, 3.05) is 0 Å². The second-order valence-corrected chi connectivity index (χ2v) is 2.67. The van der Waals surface area contributed by atoms with Gasteiger partial charge in [0.15, 0.2) is 5.69 Å². The molecule has 2 rings (SSSR count). The van der Waals surface area contributed by atoms with Gasteiger partial charge in [0, 0.05) is 12.4 Å². The van der Waals surface area contributed by atoms with Crippen LogP contribution in [0.5, 0.6) is 5.88 Å². The smallest absolute Gasteiger partial charge is 0.257 e. The molecule has 5 heteroatoms. The first-order chi connectivity index (χ1) is 6.20. The summed E-state index contributed by atoms with van der Waals surface area (Å²) in [6.07, 6.45) is 3.24. The quantitative estimate of drug-likeness (QED) is 0.635. The van der Waals surface area contributed by atoms with Crippen LogP contribution in [0.2, 0.25) is 0 Å². The van der Waals surface area contributed by atoms with Crippen molar-refractivity contribution in [3.8, 4) is 11.9 Å². The minimum Gasteiger partial charge on any atom is -0.491 e. The maximum atomic E-state index is 9.35. The summed E-state index contributed by atoms with van der Waals surface area (Å²) in [5.74, 6) is -0.216. The molecule has 2 aromatic rings. The van der Waals surface area contributed by atoms with Gasteiger partial charge in [-0.05, 0) is 6.92 Å². The van der Waals surface area contributed by atoms with Crippen LogP contribution in [-0.4, -0.2) is 19.5 Å². The predicted octanol–water partition coefficient (Wildman–Crippen LogP) is 0.615. The van der Waals surface area contributed by atoms with Gasteiger partial charge in [0.05, 0.1) is 5.69 Å². The van der Waals surface area contributed by atoms with E-state index in [2.05, 4.69) is 9.97 Å². The van der Waals surface area contributed by atoms with E-state index in [-0.39, 0.29) is 11.6 Å². The van der Waals surface area contributed by atoms with E-state index in [4.69, 9.17) is 5.26 Å². The van der Waals surface area contributed by atoms with Crippen LogP contribution in [0, 0.1) is 18.3 Å². The molecule has 0 aromatic carbocycles. The highest BCUT2D eigenvalue weighted by molar-refractivity contribution is 5.50. The Bertz CT molecular complexity index is 509. The van der Waals surface area contributed by atoms with Gasteiger partial charge in [0.2, 0.25) is 5.65 Å². The third-order valence-electron chi connectivity index (χ3n) is 1.66. The third-order valence-corrected chi connectivity index (χ3v) is 1.66. The molecule has 0 aliphatic heterocycles. The Morgan fingerprint density at radius 3 is 2.92 bits per heavy atom. The largest absolute Gasteiger partial charge is 0.491 e. The normalized spacial score (nSPS) is 10.2. The van der Waals surface area contributed by atoms with Crippen LogP contribution in [0.15, 0.2) is 12.4 Å². The van der Waals surface area contributed by atoms with Crippen LogP contribution >= 0.6 is 0 Å². The number of fused-ring (bicyclic) bond motifs is 1. The van der Waals surface area contributed by atoms with Crippen LogP contribution < -0.4 is 0 Å². The summed E-state index contributed by atoms with van der Waals surface area (Å²) >= 11 is 0. The summed E-state index contributed by atoms with van der Waals surface area (Å²) in [7, 11) is 0. The van der Waals surface area contributed by atoms with Gasteiger partial charge in [-0.3, -0.25) is 4.40 Å². The zero-order valence-corrected chi connectivity index (χ0v) is 6.89. The van der Waals surface area contributed by atoms with Crippen molar-refractivity contribution in [2.45, 2.75) is 6.92 Å². The topological polar surface area (TPSA) is 74.2 Å². The van der Waals surface area contributed by atoms with Crippen molar-refractivity contribution in [1.82, 2.24) is 14.4 Å². The summed E-state index contributed by atoms with van der Waals surface area (Å²) < 4.78 is 1.58. The van der Waals surface area contributed by atoms with Crippen LogP contribution in [-0.2, 0) is 0 Å². The summed E-state index contributed by atoms with van der Waals surface area (Å²) in [5, 5.41) is 17.9. The van der Waals surface area contributed by atoms with E-state index in [9.17, 15) is 5.11 Å². The number of aromatic nitrogens is 3. The van der Waals surface area contributed by atoms with E-state index in [1.165, 1.54) is 6.20 Å². The summed E-state index contributed by atoms with van der Waals surface area (Å²) in [6.45, 7) is 1.80. The lowest BCUT2D eigenvalue weighted by Crippen LogP contribution is -1.90. The fourth-order valence-corrected chi connectivity index (χ4v) is 1.16. The standard InChI is InChI=1S/C8H6N4O/c1-5-3-12-4-6(2-9)11-8(13)7(12)10-5/h3-4H,1H3,(H,11,13). The highest BCUT2D eigenvalue weighted by Crippen LogP contribution is 2.14. The maximum Gasteiger partial charge on any atom is 0.257 e. The molecule has 1 N–H and O–H groups in total. The first kappa shape index (κ1) is 7.55. The van der Waals surface area contributed by atoms with Crippen LogP contribution in [0.25, 0.3) is 5.65 Å². The van der Waals surface area contributed by atoms with Crippen molar-refractivity contribution in [2.24, 2.45) is 0 Å². The molecule has 5 nitrogen and oxygen atoms in total. The number of hydrogen-bond donors (Lipinski definition) is 1. The Hall–Kier alpha value is -2.09. The number of nitrogens with zero attached hydrogens (tertiary/aromatic N) is 4. The first-order valence-electron chi connectivity index (χ1n) is 3.66.